The Labute approximate surface area is 85.2 Å². The lowest BCUT2D eigenvalue weighted by Crippen LogP contribution is -2.38. The van der Waals surface area contributed by atoms with E-state index >= 15 is 0 Å². The van der Waals surface area contributed by atoms with E-state index in [2.05, 4.69) is 10.0 Å². The second kappa shape index (κ2) is 5.02. The number of aromatic nitrogens is 2. The van der Waals surface area contributed by atoms with Gasteiger partial charge in [-0.05, 0) is 12.0 Å². The first kappa shape index (κ1) is 11.1. The molecule has 0 amide bonds. The first-order chi connectivity index (χ1) is 7.16. The standard InChI is InChI=1S/C8H11N5O2/c1-12-6-3-7(14)13(8(12)15)5-2-4-10-11-9/h3,6H,2,4-5H2,1H3. The quantitative estimate of drug-likeness (QED) is 0.307. The zero-order valence-corrected chi connectivity index (χ0v) is 8.33. The molecule has 15 heavy (non-hydrogen) atoms. The van der Waals surface area contributed by atoms with E-state index in [9.17, 15) is 9.59 Å². The van der Waals surface area contributed by atoms with Gasteiger partial charge >= 0.3 is 5.69 Å². The molecule has 0 unspecified atom stereocenters. The summed E-state index contributed by atoms with van der Waals surface area (Å²) in [4.78, 5) is 25.4. The van der Waals surface area contributed by atoms with E-state index in [0.29, 0.717) is 6.42 Å². The summed E-state index contributed by atoms with van der Waals surface area (Å²) in [7, 11) is 1.58. The maximum atomic E-state index is 11.5. The van der Waals surface area contributed by atoms with Crippen molar-refractivity contribution in [3.8, 4) is 0 Å². The predicted molar refractivity (Wildman–Crippen MR) is 54.6 cm³/mol. The van der Waals surface area contributed by atoms with Gasteiger partial charge in [0.15, 0.2) is 0 Å². The summed E-state index contributed by atoms with van der Waals surface area (Å²) < 4.78 is 2.45. The highest BCUT2D eigenvalue weighted by Crippen LogP contribution is 1.84. The minimum absolute atomic E-state index is 0.269. The Morgan fingerprint density at radius 2 is 2.27 bits per heavy atom. The van der Waals surface area contributed by atoms with Gasteiger partial charge in [0.2, 0.25) is 0 Å². The summed E-state index contributed by atoms with van der Waals surface area (Å²) in [5.41, 5.74) is 7.35. The molecule has 1 heterocycles. The highest BCUT2D eigenvalue weighted by molar-refractivity contribution is 4.85. The maximum absolute atomic E-state index is 11.5. The number of azide groups is 1. The summed E-state index contributed by atoms with van der Waals surface area (Å²) in [5, 5.41) is 3.32. The topological polar surface area (TPSA) is 92.8 Å². The second-order valence-electron chi connectivity index (χ2n) is 3.01. The van der Waals surface area contributed by atoms with Crippen LogP contribution in [0.3, 0.4) is 0 Å². The lowest BCUT2D eigenvalue weighted by atomic mass is 10.4. The van der Waals surface area contributed by atoms with Gasteiger partial charge in [0.1, 0.15) is 0 Å². The molecule has 80 valence electrons. The normalized spacial score (nSPS) is 9.67. The van der Waals surface area contributed by atoms with Crippen LogP contribution in [-0.2, 0) is 13.6 Å². The van der Waals surface area contributed by atoms with Gasteiger partial charge in [0.05, 0.1) is 0 Å². The van der Waals surface area contributed by atoms with E-state index in [1.165, 1.54) is 16.8 Å². The minimum Gasteiger partial charge on any atom is -0.303 e. The largest absolute Gasteiger partial charge is 0.330 e. The van der Waals surface area contributed by atoms with Gasteiger partial charge in [0, 0.05) is 37.3 Å². The Bertz CT molecular complexity index is 494. The zero-order valence-electron chi connectivity index (χ0n) is 8.33. The lowest BCUT2D eigenvalue weighted by Gasteiger charge is -2.04. The molecule has 1 rings (SSSR count). The smallest absolute Gasteiger partial charge is 0.303 e. The van der Waals surface area contributed by atoms with Crippen molar-refractivity contribution in [1.29, 1.82) is 0 Å². The molecule has 1 aromatic rings. The molecule has 0 saturated carbocycles. The summed E-state index contributed by atoms with van der Waals surface area (Å²) in [6, 6.07) is 1.33. The molecular weight excluding hydrogens is 198 g/mol. The van der Waals surface area contributed by atoms with Crippen molar-refractivity contribution in [3.63, 3.8) is 0 Å². The Morgan fingerprint density at radius 3 is 2.93 bits per heavy atom. The molecule has 1 aromatic heterocycles. The van der Waals surface area contributed by atoms with Gasteiger partial charge in [-0.2, -0.15) is 0 Å². The Balaban J connectivity index is 2.85. The van der Waals surface area contributed by atoms with Gasteiger partial charge in [-0.3, -0.25) is 9.36 Å². The third-order valence-electron chi connectivity index (χ3n) is 1.94. The van der Waals surface area contributed by atoms with Gasteiger partial charge in [-0.15, -0.1) is 0 Å². The van der Waals surface area contributed by atoms with Crippen LogP contribution in [0.25, 0.3) is 10.4 Å². The second-order valence-corrected chi connectivity index (χ2v) is 3.01. The molecule has 0 N–H and O–H groups in total. The number of rotatable bonds is 4. The van der Waals surface area contributed by atoms with Crippen LogP contribution in [0, 0.1) is 0 Å². The van der Waals surface area contributed by atoms with Crippen molar-refractivity contribution in [3.05, 3.63) is 43.5 Å². The summed E-state index contributed by atoms with van der Waals surface area (Å²) in [5.74, 6) is 0. The average Bonchev–Trinajstić information content (AvgIpc) is 2.23. The van der Waals surface area contributed by atoms with E-state index in [-0.39, 0.29) is 24.3 Å². The first-order valence-corrected chi connectivity index (χ1v) is 4.44. The number of hydrogen-bond acceptors (Lipinski definition) is 3. The minimum atomic E-state index is -0.358. The van der Waals surface area contributed by atoms with Crippen LogP contribution in [0.4, 0.5) is 0 Å². The Kier molecular flexibility index (Phi) is 3.70. The molecule has 0 aliphatic heterocycles. The van der Waals surface area contributed by atoms with E-state index < -0.39 is 0 Å². The van der Waals surface area contributed by atoms with Crippen molar-refractivity contribution in [2.24, 2.45) is 12.2 Å². The fraction of sp³-hybridized carbons (Fsp3) is 0.500. The van der Waals surface area contributed by atoms with Gasteiger partial charge in [-0.1, -0.05) is 5.11 Å². The number of hydrogen-bond donors (Lipinski definition) is 0. The third-order valence-corrected chi connectivity index (χ3v) is 1.94. The van der Waals surface area contributed by atoms with Gasteiger partial charge < -0.3 is 4.57 Å². The van der Waals surface area contributed by atoms with Crippen LogP contribution in [0.2, 0.25) is 0 Å². The van der Waals surface area contributed by atoms with Crippen molar-refractivity contribution >= 4 is 0 Å². The monoisotopic (exact) mass is 209 g/mol. The van der Waals surface area contributed by atoms with Crippen molar-refractivity contribution in [2.75, 3.05) is 6.54 Å². The summed E-state index contributed by atoms with van der Waals surface area (Å²) in [6.07, 6.45) is 1.90. The Morgan fingerprint density at radius 1 is 1.53 bits per heavy atom. The molecule has 0 spiro atoms. The summed E-state index contributed by atoms with van der Waals surface area (Å²) >= 11 is 0. The van der Waals surface area contributed by atoms with Crippen molar-refractivity contribution in [1.82, 2.24) is 9.13 Å². The molecule has 0 aromatic carbocycles. The Hall–Kier alpha value is -2.01. The lowest BCUT2D eigenvalue weighted by molar-refractivity contribution is 0.567. The van der Waals surface area contributed by atoms with Crippen LogP contribution in [0.15, 0.2) is 27.0 Å². The van der Waals surface area contributed by atoms with E-state index in [0.717, 1.165) is 4.57 Å². The van der Waals surface area contributed by atoms with Crippen LogP contribution >= 0.6 is 0 Å². The molecule has 0 aliphatic rings. The molecule has 0 bridgehead atoms. The molecule has 0 fully saturated rings. The third kappa shape index (κ3) is 2.72. The van der Waals surface area contributed by atoms with Crippen LogP contribution in [0.5, 0.6) is 0 Å². The van der Waals surface area contributed by atoms with Gasteiger partial charge in [0.25, 0.3) is 5.56 Å². The first-order valence-electron chi connectivity index (χ1n) is 4.44. The molecule has 0 atom stereocenters. The van der Waals surface area contributed by atoms with Crippen molar-refractivity contribution < 1.29 is 0 Å². The fourth-order valence-electron chi connectivity index (χ4n) is 1.16. The molecule has 0 radical (unpaired) electrons. The summed E-state index contributed by atoms with van der Waals surface area (Å²) in [6.45, 7) is 0.548. The molecule has 0 aliphatic carbocycles. The highest BCUT2D eigenvalue weighted by Gasteiger charge is 2.01. The SMILES string of the molecule is Cn1ccc(=O)n(CCCN=[N+]=[N-])c1=O. The van der Waals surface area contributed by atoms with Crippen LogP contribution < -0.4 is 11.2 Å². The molecule has 7 heteroatoms. The van der Waals surface area contributed by atoms with Crippen molar-refractivity contribution in [2.45, 2.75) is 13.0 Å². The molecule has 0 saturated heterocycles. The zero-order chi connectivity index (χ0) is 11.3. The van der Waals surface area contributed by atoms with E-state index in [1.54, 1.807) is 7.05 Å². The molecule has 7 nitrogen and oxygen atoms in total. The van der Waals surface area contributed by atoms with Crippen LogP contribution in [-0.4, -0.2) is 15.7 Å². The fourth-order valence-corrected chi connectivity index (χ4v) is 1.16. The van der Waals surface area contributed by atoms with Crippen LogP contribution in [0.1, 0.15) is 6.42 Å². The van der Waals surface area contributed by atoms with E-state index in [4.69, 9.17) is 5.53 Å². The maximum Gasteiger partial charge on any atom is 0.330 e. The van der Waals surface area contributed by atoms with E-state index in [1.807, 2.05) is 0 Å². The van der Waals surface area contributed by atoms with Gasteiger partial charge in [-0.25, -0.2) is 4.79 Å². The predicted octanol–water partition coefficient (Wildman–Crippen LogP) is 0.247. The number of aryl methyl sites for hydroxylation is 1. The number of nitrogens with zero attached hydrogens (tertiary/aromatic N) is 5. The highest BCUT2D eigenvalue weighted by atomic mass is 16.2. The molecular formula is C8H11N5O2. The average molecular weight is 209 g/mol.